The van der Waals surface area contributed by atoms with Gasteiger partial charge in [-0.25, -0.2) is 0 Å². The smallest absolute Gasteiger partial charge is 0.227 e. The van der Waals surface area contributed by atoms with E-state index in [2.05, 4.69) is 5.16 Å². The largest absolute Gasteiger partial charge is 0.388 e. The number of likely N-dealkylation sites (tertiary alicyclic amines) is 1. The van der Waals surface area contributed by atoms with Gasteiger partial charge in [-0.1, -0.05) is 35.5 Å². The Morgan fingerprint density at radius 3 is 2.54 bits per heavy atom. The Hall–Kier alpha value is -2.14. The van der Waals surface area contributed by atoms with Crippen LogP contribution in [0.15, 0.2) is 34.9 Å². The zero-order valence-electron chi connectivity index (χ0n) is 14.2. The lowest BCUT2D eigenvalue weighted by atomic mass is 9.87. The van der Waals surface area contributed by atoms with Gasteiger partial charge in [0.25, 0.3) is 0 Å². The first kappa shape index (κ1) is 16.7. The molecule has 1 amide bonds. The first-order valence-electron chi connectivity index (χ1n) is 8.48. The number of carbonyl (C=O) groups excluding carboxylic acids is 1. The predicted molar refractivity (Wildman–Crippen MR) is 90.4 cm³/mol. The summed E-state index contributed by atoms with van der Waals surface area (Å²) in [6.45, 7) is 5.08. The molecular weight excluding hydrogens is 304 g/mol. The maximum atomic E-state index is 12.5. The number of aliphatic hydroxyl groups excluding tert-OH is 1. The molecule has 2 heterocycles. The van der Waals surface area contributed by atoms with E-state index in [-0.39, 0.29) is 11.8 Å². The van der Waals surface area contributed by atoms with Crippen molar-refractivity contribution in [3.63, 3.8) is 0 Å². The van der Waals surface area contributed by atoms with Crippen LogP contribution in [0, 0.1) is 19.8 Å². The van der Waals surface area contributed by atoms with Crippen LogP contribution in [0.25, 0.3) is 0 Å². The van der Waals surface area contributed by atoms with Crippen molar-refractivity contribution < 1.29 is 14.4 Å². The van der Waals surface area contributed by atoms with Crippen molar-refractivity contribution in [3.8, 4) is 0 Å². The van der Waals surface area contributed by atoms with Gasteiger partial charge in [0.1, 0.15) is 5.76 Å². The molecule has 1 fully saturated rings. The van der Waals surface area contributed by atoms with E-state index in [1.165, 1.54) is 0 Å². The third-order valence-corrected chi connectivity index (χ3v) is 4.99. The van der Waals surface area contributed by atoms with Crippen LogP contribution >= 0.6 is 0 Å². The second-order valence-electron chi connectivity index (χ2n) is 6.55. The third-order valence-electron chi connectivity index (χ3n) is 4.99. The molecule has 1 atom stereocenters. The Balaban J connectivity index is 1.56. The summed E-state index contributed by atoms with van der Waals surface area (Å²) in [4.78, 5) is 14.4. The number of aromatic nitrogens is 1. The summed E-state index contributed by atoms with van der Waals surface area (Å²) in [7, 11) is 0. The molecule has 128 valence electrons. The zero-order valence-corrected chi connectivity index (χ0v) is 14.2. The monoisotopic (exact) mass is 328 g/mol. The van der Waals surface area contributed by atoms with E-state index >= 15 is 0 Å². The molecule has 0 saturated carbocycles. The second kappa shape index (κ2) is 7.18. The fourth-order valence-corrected chi connectivity index (χ4v) is 3.40. The van der Waals surface area contributed by atoms with Crippen LogP contribution < -0.4 is 0 Å². The van der Waals surface area contributed by atoms with E-state index in [0.717, 1.165) is 35.4 Å². The van der Waals surface area contributed by atoms with Crippen LogP contribution in [0.3, 0.4) is 0 Å². The van der Waals surface area contributed by atoms with Gasteiger partial charge in [0.2, 0.25) is 5.91 Å². The summed E-state index contributed by atoms with van der Waals surface area (Å²) in [6.07, 6.45) is 1.53. The Kier molecular flexibility index (Phi) is 5.00. The average Bonchev–Trinajstić information content (AvgIpc) is 2.94. The normalized spacial score (nSPS) is 17.0. The second-order valence-corrected chi connectivity index (χ2v) is 6.55. The number of amides is 1. The molecule has 1 saturated heterocycles. The highest BCUT2D eigenvalue weighted by molar-refractivity contribution is 5.79. The zero-order chi connectivity index (χ0) is 17.1. The van der Waals surface area contributed by atoms with Crippen molar-refractivity contribution in [1.82, 2.24) is 10.1 Å². The molecule has 0 unspecified atom stereocenters. The van der Waals surface area contributed by atoms with E-state index < -0.39 is 6.10 Å². The van der Waals surface area contributed by atoms with Gasteiger partial charge in [-0.15, -0.1) is 0 Å². The van der Waals surface area contributed by atoms with Crippen LogP contribution in [0.4, 0.5) is 0 Å². The van der Waals surface area contributed by atoms with E-state index in [4.69, 9.17) is 4.52 Å². The topological polar surface area (TPSA) is 66.6 Å². The lowest BCUT2D eigenvalue weighted by molar-refractivity contribution is -0.132. The summed E-state index contributed by atoms with van der Waals surface area (Å²) in [5, 5.41) is 14.4. The minimum atomic E-state index is -0.453. The van der Waals surface area contributed by atoms with Gasteiger partial charge in [0.05, 0.1) is 18.2 Å². The number of piperidine rings is 1. The molecule has 1 N–H and O–H groups in total. The predicted octanol–water partition coefficient (Wildman–Crippen LogP) is 2.81. The maximum absolute atomic E-state index is 12.5. The fourth-order valence-electron chi connectivity index (χ4n) is 3.40. The molecule has 0 aliphatic carbocycles. The van der Waals surface area contributed by atoms with E-state index in [1.807, 2.05) is 49.1 Å². The molecule has 24 heavy (non-hydrogen) atoms. The van der Waals surface area contributed by atoms with Gasteiger partial charge in [-0.05, 0) is 38.2 Å². The number of benzene rings is 1. The van der Waals surface area contributed by atoms with Gasteiger partial charge in [0.15, 0.2) is 0 Å². The van der Waals surface area contributed by atoms with Gasteiger partial charge < -0.3 is 14.5 Å². The molecule has 2 aromatic rings. The molecule has 0 radical (unpaired) electrons. The quantitative estimate of drug-likeness (QED) is 0.937. The Labute approximate surface area is 142 Å². The molecule has 0 bridgehead atoms. The third kappa shape index (κ3) is 3.51. The number of hydrogen-bond acceptors (Lipinski definition) is 4. The summed E-state index contributed by atoms with van der Waals surface area (Å²) < 4.78 is 5.13. The summed E-state index contributed by atoms with van der Waals surface area (Å²) in [5.74, 6) is 1.03. The van der Waals surface area contributed by atoms with Gasteiger partial charge >= 0.3 is 0 Å². The highest BCUT2D eigenvalue weighted by Crippen LogP contribution is 2.30. The summed E-state index contributed by atoms with van der Waals surface area (Å²) in [5.41, 5.74) is 2.64. The molecule has 0 spiro atoms. The molecular formula is C19H24N2O3. The summed E-state index contributed by atoms with van der Waals surface area (Å²) in [6, 6.07) is 9.76. The number of aryl methyl sites for hydroxylation is 2. The van der Waals surface area contributed by atoms with Crippen molar-refractivity contribution in [1.29, 1.82) is 0 Å². The maximum Gasteiger partial charge on any atom is 0.227 e. The highest BCUT2D eigenvalue weighted by Gasteiger charge is 2.28. The molecule has 1 aromatic heterocycles. The van der Waals surface area contributed by atoms with Crippen LogP contribution in [-0.2, 0) is 11.2 Å². The van der Waals surface area contributed by atoms with Crippen LogP contribution in [0.2, 0.25) is 0 Å². The average molecular weight is 328 g/mol. The SMILES string of the molecule is Cc1noc(C)c1CC(=O)N1CCC([C@@H](O)c2ccccc2)CC1. The van der Waals surface area contributed by atoms with Crippen LogP contribution in [-0.4, -0.2) is 34.2 Å². The Bertz CT molecular complexity index is 668. The number of carbonyl (C=O) groups is 1. The van der Waals surface area contributed by atoms with Gasteiger partial charge in [0, 0.05) is 18.7 Å². The van der Waals surface area contributed by atoms with Crippen LogP contribution in [0.1, 0.15) is 41.5 Å². The van der Waals surface area contributed by atoms with E-state index in [1.54, 1.807) is 0 Å². The molecule has 5 nitrogen and oxygen atoms in total. The van der Waals surface area contributed by atoms with Crippen molar-refractivity contribution in [2.75, 3.05) is 13.1 Å². The number of rotatable bonds is 4. The van der Waals surface area contributed by atoms with Crippen molar-refractivity contribution in [3.05, 3.63) is 52.9 Å². The summed E-state index contributed by atoms with van der Waals surface area (Å²) >= 11 is 0. The Morgan fingerprint density at radius 1 is 1.29 bits per heavy atom. The minimum absolute atomic E-state index is 0.108. The molecule has 1 aromatic carbocycles. The minimum Gasteiger partial charge on any atom is -0.388 e. The molecule has 3 rings (SSSR count). The number of hydrogen-bond donors (Lipinski definition) is 1. The van der Waals surface area contributed by atoms with Gasteiger partial charge in [-0.2, -0.15) is 0 Å². The van der Waals surface area contributed by atoms with E-state index in [0.29, 0.717) is 19.5 Å². The van der Waals surface area contributed by atoms with E-state index in [9.17, 15) is 9.90 Å². The standard InChI is InChI=1S/C19H24N2O3/c1-13-17(14(2)24-20-13)12-18(22)21-10-8-16(9-11-21)19(23)15-6-4-3-5-7-15/h3-7,16,19,23H,8-12H2,1-2H3/t19-/m0/s1. The van der Waals surface area contributed by atoms with Crippen molar-refractivity contribution >= 4 is 5.91 Å². The van der Waals surface area contributed by atoms with Crippen LogP contribution in [0.5, 0.6) is 0 Å². The molecule has 1 aliphatic rings. The number of nitrogens with zero attached hydrogens (tertiary/aromatic N) is 2. The number of aliphatic hydroxyl groups is 1. The lowest BCUT2D eigenvalue weighted by Crippen LogP contribution is -2.40. The molecule has 5 heteroatoms. The highest BCUT2D eigenvalue weighted by atomic mass is 16.5. The first-order chi connectivity index (χ1) is 11.6. The van der Waals surface area contributed by atoms with Crippen molar-refractivity contribution in [2.24, 2.45) is 5.92 Å². The Morgan fingerprint density at radius 2 is 1.96 bits per heavy atom. The lowest BCUT2D eigenvalue weighted by Gasteiger charge is -2.34. The fraction of sp³-hybridized carbons (Fsp3) is 0.474. The molecule has 1 aliphatic heterocycles. The van der Waals surface area contributed by atoms with Gasteiger partial charge in [-0.3, -0.25) is 4.79 Å². The van der Waals surface area contributed by atoms with Crippen molar-refractivity contribution in [2.45, 2.75) is 39.2 Å². The first-order valence-corrected chi connectivity index (χ1v) is 8.48.